The zero-order valence-corrected chi connectivity index (χ0v) is 12.6. The summed E-state index contributed by atoms with van der Waals surface area (Å²) in [6.07, 6.45) is 3.44. The van der Waals surface area contributed by atoms with Crippen LogP contribution in [0.4, 0.5) is 4.79 Å². The molecule has 0 aliphatic carbocycles. The number of hydrogen-bond donors (Lipinski definition) is 2. The maximum Gasteiger partial charge on any atom is 0.317 e. The molecule has 2 rings (SSSR count). The first-order chi connectivity index (χ1) is 10.2. The predicted molar refractivity (Wildman–Crippen MR) is 84.7 cm³/mol. The normalized spacial score (nSPS) is 15.8. The van der Waals surface area contributed by atoms with E-state index in [0.29, 0.717) is 6.54 Å². The van der Waals surface area contributed by atoms with Crippen molar-refractivity contribution in [1.29, 1.82) is 0 Å². The molecule has 1 aromatic carbocycles. The molecule has 0 radical (unpaired) electrons. The van der Waals surface area contributed by atoms with E-state index in [4.69, 9.17) is 5.73 Å². The van der Waals surface area contributed by atoms with Crippen LogP contribution in [-0.4, -0.2) is 30.6 Å². The van der Waals surface area contributed by atoms with E-state index in [1.807, 2.05) is 36.1 Å². The minimum atomic E-state index is -0.00376. The highest BCUT2D eigenvalue weighted by atomic mass is 16.2. The second kappa shape index (κ2) is 7.70. The summed E-state index contributed by atoms with van der Waals surface area (Å²) in [5.41, 5.74) is 7.38. The topological polar surface area (TPSA) is 58.4 Å². The molecule has 1 unspecified atom stereocenters. The van der Waals surface area contributed by atoms with Crippen LogP contribution in [0.3, 0.4) is 0 Å². The van der Waals surface area contributed by atoms with Crippen molar-refractivity contribution >= 4 is 6.03 Å². The first-order valence-electron chi connectivity index (χ1n) is 7.55. The summed E-state index contributed by atoms with van der Waals surface area (Å²) in [5.74, 6) is 5.82. The molecular weight excluding hydrogens is 262 g/mol. The minimum Gasteiger partial charge on any atom is -0.331 e. The van der Waals surface area contributed by atoms with Crippen LogP contribution in [0, 0.1) is 11.8 Å². The third kappa shape index (κ3) is 4.51. The van der Waals surface area contributed by atoms with Gasteiger partial charge in [-0.25, -0.2) is 4.79 Å². The highest BCUT2D eigenvalue weighted by molar-refractivity contribution is 5.74. The minimum absolute atomic E-state index is 0.00376. The SMILES string of the molecule is CC(NC(=O)N1CCCCC1)c1ccc(C#CCN)cc1. The van der Waals surface area contributed by atoms with Gasteiger partial charge in [-0.15, -0.1) is 0 Å². The van der Waals surface area contributed by atoms with E-state index in [-0.39, 0.29) is 12.1 Å². The van der Waals surface area contributed by atoms with Crippen LogP contribution >= 0.6 is 0 Å². The van der Waals surface area contributed by atoms with Gasteiger partial charge in [0.25, 0.3) is 0 Å². The Kier molecular flexibility index (Phi) is 5.65. The van der Waals surface area contributed by atoms with Gasteiger partial charge in [0, 0.05) is 18.7 Å². The lowest BCUT2D eigenvalue weighted by atomic mass is 10.1. The number of nitrogens with one attached hydrogen (secondary N) is 1. The Balaban J connectivity index is 1.93. The number of carbonyl (C=O) groups excluding carboxylic acids is 1. The zero-order valence-electron chi connectivity index (χ0n) is 12.6. The van der Waals surface area contributed by atoms with Gasteiger partial charge in [-0.2, -0.15) is 0 Å². The zero-order chi connectivity index (χ0) is 15.1. The van der Waals surface area contributed by atoms with E-state index in [1.54, 1.807) is 0 Å². The number of nitrogens with zero attached hydrogens (tertiary/aromatic N) is 1. The van der Waals surface area contributed by atoms with Crippen LogP contribution in [0.25, 0.3) is 0 Å². The van der Waals surface area contributed by atoms with Gasteiger partial charge in [0.15, 0.2) is 0 Å². The number of amides is 2. The van der Waals surface area contributed by atoms with E-state index in [2.05, 4.69) is 17.2 Å². The molecule has 1 aliphatic rings. The molecule has 1 aliphatic heterocycles. The van der Waals surface area contributed by atoms with Crippen molar-refractivity contribution in [1.82, 2.24) is 10.2 Å². The van der Waals surface area contributed by atoms with Crippen LogP contribution in [0.2, 0.25) is 0 Å². The van der Waals surface area contributed by atoms with Crippen LogP contribution in [-0.2, 0) is 0 Å². The van der Waals surface area contributed by atoms with Gasteiger partial charge in [-0.1, -0.05) is 24.0 Å². The Bertz CT molecular complexity index is 521. The fourth-order valence-corrected chi connectivity index (χ4v) is 2.47. The Morgan fingerprint density at radius 2 is 1.95 bits per heavy atom. The highest BCUT2D eigenvalue weighted by Gasteiger charge is 2.18. The highest BCUT2D eigenvalue weighted by Crippen LogP contribution is 2.15. The van der Waals surface area contributed by atoms with Crippen molar-refractivity contribution in [3.63, 3.8) is 0 Å². The molecule has 1 aromatic rings. The molecule has 1 fully saturated rings. The molecule has 1 saturated heterocycles. The monoisotopic (exact) mass is 285 g/mol. The molecule has 0 bridgehead atoms. The van der Waals surface area contributed by atoms with Gasteiger partial charge in [-0.3, -0.25) is 0 Å². The lowest BCUT2D eigenvalue weighted by molar-refractivity contribution is 0.183. The summed E-state index contributed by atoms with van der Waals surface area (Å²) < 4.78 is 0. The van der Waals surface area contributed by atoms with Gasteiger partial charge in [0.2, 0.25) is 0 Å². The Morgan fingerprint density at radius 1 is 1.29 bits per heavy atom. The molecule has 4 heteroatoms. The van der Waals surface area contributed by atoms with Gasteiger partial charge in [-0.05, 0) is 43.9 Å². The Hall–Kier alpha value is -1.99. The molecule has 21 heavy (non-hydrogen) atoms. The second-order valence-corrected chi connectivity index (χ2v) is 5.35. The molecule has 4 nitrogen and oxygen atoms in total. The predicted octanol–water partition coefficient (Wildman–Crippen LogP) is 2.25. The quantitative estimate of drug-likeness (QED) is 0.819. The number of benzene rings is 1. The summed E-state index contributed by atoms with van der Waals surface area (Å²) in [4.78, 5) is 14.1. The maximum absolute atomic E-state index is 12.2. The summed E-state index contributed by atoms with van der Waals surface area (Å²) in [6.45, 7) is 4.10. The fourth-order valence-electron chi connectivity index (χ4n) is 2.47. The number of piperidine rings is 1. The summed E-state index contributed by atoms with van der Waals surface area (Å²) in [7, 11) is 0. The molecule has 1 heterocycles. The Morgan fingerprint density at radius 3 is 2.57 bits per heavy atom. The van der Waals surface area contributed by atoms with Gasteiger partial charge in [0.1, 0.15) is 0 Å². The molecule has 0 aromatic heterocycles. The summed E-state index contributed by atoms with van der Waals surface area (Å²) in [5, 5.41) is 3.06. The number of urea groups is 1. The third-order valence-electron chi connectivity index (χ3n) is 3.73. The van der Waals surface area contributed by atoms with Crippen molar-refractivity contribution in [2.45, 2.75) is 32.2 Å². The number of likely N-dealkylation sites (tertiary alicyclic amines) is 1. The van der Waals surface area contributed by atoms with Gasteiger partial charge < -0.3 is 16.0 Å². The van der Waals surface area contributed by atoms with Crippen LogP contribution in [0.5, 0.6) is 0 Å². The van der Waals surface area contributed by atoms with Gasteiger partial charge >= 0.3 is 6.03 Å². The first kappa shape index (κ1) is 15.4. The smallest absolute Gasteiger partial charge is 0.317 e. The van der Waals surface area contributed by atoms with Crippen molar-refractivity contribution in [3.8, 4) is 11.8 Å². The maximum atomic E-state index is 12.2. The van der Waals surface area contributed by atoms with Crippen molar-refractivity contribution in [2.75, 3.05) is 19.6 Å². The molecule has 0 saturated carbocycles. The average Bonchev–Trinajstić information content (AvgIpc) is 2.54. The Labute approximate surface area is 126 Å². The molecule has 112 valence electrons. The number of hydrogen-bond acceptors (Lipinski definition) is 2. The van der Waals surface area contributed by atoms with Crippen molar-refractivity contribution in [3.05, 3.63) is 35.4 Å². The molecule has 1 atom stereocenters. The number of nitrogens with two attached hydrogens (primary N) is 1. The second-order valence-electron chi connectivity index (χ2n) is 5.35. The van der Waals surface area contributed by atoms with E-state index in [9.17, 15) is 4.79 Å². The van der Waals surface area contributed by atoms with Crippen LogP contribution in [0.1, 0.15) is 43.4 Å². The van der Waals surface area contributed by atoms with E-state index < -0.39 is 0 Å². The number of carbonyl (C=O) groups is 1. The standard InChI is InChI=1S/C17H23N3O/c1-14(19-17(21)20-12-3-2-4-13-20)16-9-7-15(8-10-16)6-5-11-18/h7-10,14H,2-4,11-13,18H2,1H3,(H,19,21). The largest absolute Gasteiger partial charge is 0.331 e. The van der Waals surface area contributed by atoms with E-state index in [1.165, 1.54) is 6.42 Å². The van der Waals surface area contributed by atoms with Crippen molar-refractivity contribution in [2.24, 2.45) is 5.73 Å². The molecule has 0 spiro atoms. The fraction of sp³-hybridized carbons (Fsp3) is 0.471. The summed E-state index contributed by atoms with van der Waals surface area (Å²) in [6, 6.07) is 7.96. The van der Waals surface area contributed by atoms with Gasteiger partial charge in [0.05, 0.1) is 12.6 Å². The molecule has 3 N–H and O–H groups in total. The lowest BCUT2D eigenvalue weighted by Crippen LogP contribution is -2.43. The lowest BCUT2D eigenvalue weighted by Gasteiger charge is -2.28. The third-order valence-corrected chi connectivity index (χ3v) is 3.73. The number of rotatable bonds is 2. The first-order valence-corrected chi connectivity index (χ1v) is 7.55. The van der Waals surface area contributed by atoms with Crippen LogP contribution in [0.15, 0.2) is 24.3 Å². The van der Waals surface area contributed by atoms with E-state index >= 15 is 0 Å². The average molecular weight is 285 g/mol. The summed E-state index contributed by atoms with van der Waals surface area (Å²) >= 11 is 0. The van der Waals surface area contributed by atoms with E-state index in [0.717, 1.165) is 37.1 Å². The van der Waals surface area contributed by atoms with Crippen LogP contribution < -0.4 is 11.1 Å². The molecular formula is C17H23N3O. The molecule has 2 amide bonds. The van der Waals surface area contributed by atoms with Crippen molar-refractivity contribution < 1.29 is 4.79 Å².